The smallest absolute Gasteiger partial charge is 0.408 e. The maximum absolute atomic E-state index is 13.6. The van der Waals surface area contributed by atoms with Crippen molar-refractivity contribution in [2.24, 2.45) is 0 Å². The van der Waals surface area contributed by atoms with Crippen LogP contribution in [0.5, 0.6) is 0 Å². The molecular formula is C26H35N3O6. The zero-order valence-electron chi connectivity index (χ0n) is 20.9. The summed E-state index contributed by atoms with van der Waals surface area (Å²) in [6.45, 7) is 7.38. The van der Waals surface area contributed by atoms with Crippen molar-refractivity contribution in [1.29, 1.82) is 0 Å². The second-order valence-corrected chi connectivity index (χ2v) is 9.21. The minimum atomic E-state index is -1.38. The molecule has 2 rings (SSSR count). The molecule has 2 aromatic rings. The van der Waals surface area contributed by atoms with Gasteiger partial charge in [-0.25, -0.2) is 4.79 Å². The number of nitrogens with one attached hydrogen (secondary N) is 2. The van der Waals surface area contributed by atoms with Gasteiger partial charge in [-0.3, -0.25) is 9.59 Å². The van der Waals surface area contributed by atoms with Crippen LogP contribution in [0.3, 0.4) is 0 Å². The molecule has 4 N–H and O–H groups in total. The SMILES string of the molecule is Cc1cccc(C)c1NC(=O)C(c1ccccc1)N(CCO)C(=O)C(CO)NC(=O)OC(C)(C)C. The van der Waals surface area contributed by atoms with E-state index >= 15 is 0 Å². The molecule has 0 spiro atoms. The van der Waals surface area contributed by atoms with Crippen LogP contribution in [-0.4, -0.2) is 64.4 Å². The van der Waals surface area contributed by atoms with Gasteiger partial charge in [-0.2, -0.15) is 0 Å². The largest absolute Gasteiger partial charge is 0.444 e. The van der Waals surface area contributed by atoms with Crippen LogP contribution in [0.25, 0.3) is 0 Å². The Kier molecular flexibility index (Phi) is 9.79. The number of anilines is 1. The van der Waals surface area contributed by atoms with E-state index in [0.717, 1.165) is 16.0 Å². The second-order valence-electron chi connectivity index (χ2n) is 9.21. The van der Waals surface area contributed by atoms with Gasteiger partial charge in [0.1, 0.15) is 17.7 Å². The number of aliphatic hydroxyl groups is 2. The molecule has 0 aliphatic rings. The predicted octanol–water partition coefficient (Wildman–Crippen LogP) is 2.69. The highest BCUT2D eigenvalue weighted by molar-refractivity contribution is 5.99. The van der Waals surface area contributed by atoms with Crippen molar-refractivity contribution < 1.29 is 29.3 Å². The van der Waals surface area contributed by atoms with E-state index < -0.39 is 48.8 Å². The van der Waals surface area contributed by atoms with Gasteiger partial charge in [0.25, 0.3) is 5.91 Å². The lowest BCUT2D eigenvalue weighted by Gasteiger charge is -2.33. The molecule has 35 heavy (non-hydrogen) atoms. The molecule has 0 aliphatic carbocycles. The molecule has 3 amide bonds. The number of aliphatic hydroxyl groups excluding tert-OH is 2. The number of alkyl carbamates (subject to hydrolysis) is 1. The summed E-state index contributed by atoms with van der Waals surface area (Å²) in [7, 11) is 0. The van der Waals surface area contributed by atoms with Crippen LogP contribution in [0.1, 0.15) is 43.5 Å². The van der Waals surface area contributed by atoms with Crippen LogP contribution in [0, 0.1) is 13.8 Å². The quantitative estimate of drug-likeness (QED) is 0.432. The molecule has 0 saturated carbocycles. The van der Waals surface area contributed by atoms with Crippen molar-refractivity contribution in [1.82, 2.24) is 10.2 Å². The summed E-state index contributed by atoms with van der Waals surface area (Å²) in [5, 5.41) is 24.9. The van der Waals surface area contributed by atoms with Gasteiger partial charge in [-0.15, -0.1) is 0 Å². The van der Waals surface area contributed by atoms with E-state index in [2.05, 4.69) is 10.6 Å². The van der Waals surface area contributed by atoms with Crippen molar-refractivity contribution in [2.45, 2.75) is 52.3 Å². The molecule has 2 aromatic carbocycles. The van der Waals surface area contributed by atoms with Crippen LogP contribution in [-0.2, 0) is 14.3 Å². The van der Waals surface area contributed by atoms with E-state index in [9.17, 15) is 24.6 Å². The normalized spacial score (nSPS) is 12.9. The minimum Gasteiger partial charge on any atom is -0.444 e. The molecule has 0 bridgehead atoms. The third-order valence-electron chi connectivity index (χ3n) is 5.20. The molecular weight excluding hydrogens is 450 g/mol. The monoisotopic (exact) mass is 485 g/mol. The van der Waals surface area contributed by atoms with E-state index in [4.69, 9.17) is 4.74 Å². The molecule has 0 heterocycles. The van der Waals surface area contributed by atoms with Crippen molar-refractivity contribution in [3.05, 3.63) is 65.2 Å². The van der Waals surface area contributed by atoms with Crippen molar-refractivity contribution in [3.63, 3.8) is 0 Å². The summed E-state index contributed by atoms with van der Waals surface area (Å²) < 4.78 is 5.20. The maximum atomic E-state index is 13.6. The van der Waals surface area contributed by atoms with Crippen LogP contribution < -0.4 is 10.6 Å². The highest BCUT2D eigenvalue weighted by Crippen LogP contribution is 2.26. The molecule has 0 aliphatic heterocycles. The van der Waals surface area contributed by atoms with Crippen molar-refractivity contribution in [3.8, 4) is 0 Å². The van der Waals surface area contributed by atoms with Gasteiger partial charge in [0.05, 0.1) is 13.2 Å². The number of aryl methyl sites for hydroxylation is 2. The number of nitrogens with zero attached hydrogens (tertiary/aromatic N) is 1. The summed E-state index contributed by atoms with van der Waals surface area (Å²) in [5.41, 5.74) is 2.03. The van der Waals surface area contributed by atoms with Crippen LogP contribution in [0.4, 0.5) is 10.5 Å². The summed E-state index contributed by atoms with van der Waals surface area (Å²) in [6, 6.07) is 11.7. The van der Waals surface area contributed by atoms with Crippen LogP contribution >= 0.6 is 0 Å². The molecule has 190 valence electrons. The fourth-order valence-corrected chi connectivity index (χ4v) is 3.62. The van der Waals surface area contributed by atoms with Gasteiger partial charge in [0.2, 0.25) is 5.91 Å². The summed E-state index contributed by atoms with van der Waals surface area (Å²) in [5.74, 6) is -1.23. The van der Waals surface area contributed by atoms with E-state index in [1.807, 2.05) is 32.0 Å². The average molecular weight is 486 g/mol. The Labute approximate surface area is 206 Å². The van der Waals surface area contributed by atoms with Gasteiger partial charge in [0, 0.05) is 12.2 Å². The first kappa shape index (κ1) is 27.8. The van der Waals surface area contributed by atoms with Gasteiger partial charge in [-0.1, -0.05) is 48.5 Å². The number of ether oxygens (including phenoxy) is 1. The summed E-state index contributed by atoms with van der Waals surface area (Å²) in [6.07, 6.45) is -0.884. The van der Waals surface area contributed by atoms with Gasteiger partial charge in [-0.05, 0) is 51.3 Å². The maximum Gasteiger partial charge on any atom is 0.408 e. The lowest BCUT2D eigenvalue weighted by molar-refractivity contribution is -0.142. The summed E-state index contributed by atoms with van der Waals surface area (Å²) >= 11 is 0. The standard InChI is InChI=1S/C26H35N3O6/c1-17-10-9-11-18(2)21(17)28-23(32)22(19-12-7-6-8-13-19)29(14-15-30)24(33)20(16-31)27-25(34)35-26(3,4)5/h6-13,20,22,30-31H,14-16H2,1-5H3,(H,27,34)(H,28,32). The van der Waals surface area contributed by atoms with Crippen molar-refractivity contribution in [2.75, 3.05) is 25.1 Å². The van der Waals surface area contributed by atoms with Gasteiger partial charge >= 0.3 is 6.09 Å². The number of hydrogen-bond acceptors (Lipinski definition) is 6. The first-order valence-corrected chi connectivity index (χ1v) is 11.4. The molecule has 9 nitrogen and oxygen atoms in total. The molecule has 2 atom stereocenters. The Morgan fingerprint density at radius 3 is 2.09 bits per heavy atom. The molecule has 0 aromatic heterocycles. The predicted molar refractivity (Wildman–Crippen MR) is 133 cm³/mol. The Balaban J connectivity index is 2.43. The number of para-hydroxylation sites is 1. The lowest BCUT2D eigenvalue weighted by atomic mass is 10.0. The first-order chi connectivity index (χ1) is 16.5. The highest BCUT2D eigenvalue weighted by Gasteiger charge is 2.36. The number of hydrogen-bond donors (Lipinski definition) is 4. The second kappa shape index (κ2) is 12.3. The Hall–Kier alpha value is -3.43. The molecule has 0 fully saturated rings. The number of benzene rings is 2. The van der Waals surface area contributed by atoms with Crippen LogP contribution in [0.2, 0.25) is 0 Å². The Morgan fingerprint density at radius 1 is 0.971 bits per heavy atom. The van der Waals surface area contributed by atoms with Crippen LogP contribution in [0.15, 0.2) is 48.5 Å². The summed E-state index contributed by atoms with van der Waals surface area (Å²) in [4.78, 5) is 40.5. The van der Waals surface area contributed by atoms with Gasteiger partial charge in [0.15, 0.2) is 0 Å². The Bertz CT molecular complexity index is 999. The number of carbonyl (C=O) groups is 3. The van der Waals surface area contributed by atoms with E-state index in [1.54, 1.807) is 51.1 Å². The van der Waals surface area contributed by atoms with E-state index in [1.165, 1.54) is 0 Å². The molecule has 0 saturated heterocycles. The molecule has 9 heteroatoms. The molecule has 0 radical (unpaired) electrons. The number of amides is 3. The topological polar surface area (TPSA) is 128 Å². The fraction of sp³-hybridized carbons (Fsp3) is 0.423. The van der Waals surface area contributed by atoms with Gasteiger partial charge < -0.3 is 30.5 Å². The third kappa shape index (κ3) is 7.80. The lowest BCUT2D eigenvalue weighted by Crippen LogP contribution is -2.54. The Morgan fingerprint density at radius 2 is 1.57 bits per heavy atom. The first-order valence-electron chi connectivity index (χ1n) is 11.4. The van der Waals surface area contributed by atoms with E-state index in [-0.39, 0.29) is 6.54 Å². The average Bonchev–Trinajstić information content (AvgIpc) is 2.78. The van der Waals surface area contributed by atoms with Crippen molar-refractivity contribution >= 4 is 23.6 Å². The molecule has 2 unspecified atom stereocenters. The zero-order chi connectivity index (χ0) is 26.2. The number of rotatable bonds is 9. The minimum absolute atomic E-state index is 0.203. The van der Waals surface area contributed by atoms with E-state index in [0.29, 0.717) is 11.3 Å². The fourth-order valence-electron chi connectivity index (χ4n) is 3.62. The highest BCUT2D eigenvalue weighted by atomic mass is 16.6. The zero-order valence-corrected chi connectivity index (χ0v) is 20.9. The third-order valence-corrected chi connectivity index (χ3v) is 5.20. The number of carbonyl (C=O) groups excluding carboxylic acids is 3.